The minimum absolute atomic E-state index is 0.0294. The molecule has 0 aliphatic heterocycles. The second kappa shape index (κ2) is 11.7. The molecule has 0 saturated heterocycles. The van der Waals surface area contributed by atoms with Gasteiger partial charge >= 0.3 is 5.97 Å². The summed E-state index contributed by atoms with van der Waals surface area (Å²) < 4.78 is 15.5. The summed E-state index contributed by atoms with van der Waals surface area (Å²) in [5.74, 6) is -1.49. The largest absolute Gasteiger partial charge is 0.478 e. The smallest absolute Gasteiger partial charge is 0.336 e. The van der Waals surface area contributed by atoms with Crippen molar-refractivity contribution in [2.75, 3.05) is 0 Å². The molecular formula is C36H35FN2O3. The van der Waals surface area contributed by atoms with Crippen LogP contribution in [0.15, 0.2) is 84.9 Å². The van der Waals surface area contributed by atoms with Gasteiger partial charge in [-0.15, -0.1) is 0 Å². The van der Waals surface area contributed by atoms with Crippen molar-refractivity contribution in [2.45, 2.75) is 58.3 Å². The zero-order valence-electron chi connectivity index (χ0n) is 24.4. The van der Waals surface area contributed by atoms with E-state index in [1.54, 1.807) is 18.2 Å². The monoisotopic (exact) mass is 562 g/mol. The zero-order chi connectivity index (χ0) is 30.0. The first kappa shape index (κ1) is 28.9. The highest BCUT2D eigenvalue weighted by molar-refractivity contribution is 6.04. The molecule has 0 aliphatic carbocycles. The lowest BCUT2D eigenvalue weighted by molar-refractivity contribution is 0.0697. The Morgan fingerprint density at radius 3 is 2.38 bits per heavy atom. The van der Waals surface area contributed by atoms with Crippen LogP contribution in [0, 0.1) is 5.82 Å². The Labute approximate surface area is 245 Å². The number of carbonyl (C=O) groups excluding carboxylic acids is 1. The summed E-state index contributed by atoms with van der Waals surface area (Å²) in [6.07, 6.45) is 2.02. The minimum atomic E-state index is -1.23. The van der Waals surface area contributed by atoms with Crippen molar-refractivity contribution < 1.29 is 19.1 Å². The Bertz CT molecular complexity index is 1770. The van der Waals surface area contributed by atoms with Gasteiger partial charge in [-0.2, -0.15) is 0 Å². The van der Waals surface area contributed by atoms with E-state index in [9.17, 15) is 14.7 Å². The molecule has 214 valence electrons. The topological polar surface area (TPSA) is 83.0 Å². The number of fused-ring (bicyclic) bond motifs is 1. The second-order valence-corrected chi connectivity index (χ2v) is 11.8. The third-order valence-corrected chi connectivity index (χ3v) is 7.80. The molecule has 6 heteroatoms. The molecule has 1 atom stereocenters. The number of carbonyl (C=O) groups is 2. The van der Waals surface area contributed by atoms with Crippen molar-refractivity contribution in [3.05, 3.63) is 113 Å². The van der Waals surface area contributed by atoms with E-state index in [0.29, 0.717) is 17.0 Å². The van der Waals surface area contributed by atoms with Gasteiger partial charge in [-0.1, -0.05) is 94.8 Å². The fourth-order valence-corrected chi connectivity index (χ4v) is 5.51. The Hall–Kier alpha value is -4.58. The highest BCUT2D eigenvalue weighted by Crippen LogP contribution is 2.37. The highest BCUT2D eigenvalue weighted by Gasteiger charge is 2.24. The number of rotatable bonds is 9. The van der Waals surface area contributed by atoms with Gasteiger partial charge in [0.1, 0.15) is 11.6 Å². The first-order valence-corrected chi connectivity index (χ1v) is 14.3. The van der Waals surface area contributed by atoms with Crippen LogP contribution in [0.2, 0.25) is 0 Å². The van der Waals surface area contributed by atoms with Crippen LogP contribution in [-0.4, -0.2) is 26.8 Å². The lowest BCUT2D eigenvalue weighted by atomic mass is 9.87. The van der Waals surface area contributed by atoms with Crippen LogP contribution in [0.5, 0.6) is 0 Å². The molecule has 0 unspecified atom stereocenters. The molecule has 4 aromatic carbocycles. The highest BCUT2D eigenvalue weighted by atomic mass is 19.1. The predicted molar refractivity (Wildman–Crippen MR) is 166 cm³/mol. The van der Waals surface area contributed by atoms with E-state index < -0.39 is 11.8 Å². The minimum Gasteiger partial charge on any atom is -0.478 e. The van der Waals surface area contributed by atoms with E-state index in [4.69, 9.17) is 4.98 Å². The van der Waals surface area contributed by atoms with Crippen LogP contribution in [0.1, 0.15) is 84.7 Å². The SMILES string of the molecule is CCC[C@@H](CC(=O)c1ccc(-c2c(F)cccc2-c2nc3ccc(C(C)(C)C)cc3[nH]2)c(C(=O)O)c1)c1ccccc1. The number of aromatic carboxylic acids is 1. The lowest BCUT2D eigenvalue weighted by Crippen LogP contribution is -2.10. The molecule has 0 aliphatic rings. The zero-order valence-corrected chi connectivity index (χ0v) is 24.4. The summed E-state index contributed by atoms with van der Waals surface area (Å²) in [7, 11) is 0. The number of carboxylic acid groups (broad SMARTS) is 1. The summed E-state index contributed by atoms with van der Waals surface area (Å²) >= 11 is 0. The van der Waals surface area contributed by atoms with Gasteiger partial charge in [-0.05, 0) is 58.7 Å². The third kappa shape index (κ3) is 5.89. The quantitative estimate of drug-likeness (QED) is 0.175. The maximum absolute atomic E-state index is 15.5. The predicted octanol–water partition coefficient (Wildman–Crippen LogP) is 9.19. The standard InChI is InChI=1S/C36H35FN2O3/c1-5-10-23(22-11-7-6-8-12-22)20-32(40)24-15-17-26(28(19-24)35(41)42)33-27(13-9-14-29(33)37)34-38-30-18-16-25(36(2,3)4)21-31(30)39-34/h6-9,11-19,21,23H,5,10,20H2,1-4H3,(H,38,39)(H,41,42)/t23-/m0/s1. The third-order valence-electron chi connectivity index (χ3n) is 7.80. The number of nitrogens with one attached hydrogen (secondary N) is 1. The number of hydrogen-bond donors (Lipinski definition) is 2. The Morgan fingerprint density at radius 1 is 0.929 bits per heavy atom. The number of aromatic nitrogens is 2. The average Bonchev–Trinajstić information content (AvgIpc) is 3.40. The molecule has 0 amide bonds. The summed E-state index contributed by atoms with van der Waals surface area (Å²) in [5.41, 5.74) is 4.61. The van der Waals surface area contributed by atoms with Gasteiger partial charge in [0, 0.05) is 23.1 Å². The first-order valence-electron chi connectivity index (χ1n) is 14.3. The maximum atomic E-state index is 15.5. The number of Topliss-reactive ketones (excluding diaryl/α,β-unsaturated/α-hetero) is 1. The molecule has 42 heavy (non-hydrogen) atoms. The van der Waals surface area contributed by atoms with Crippen molar-refractivity contribution in [3.63, 3.8) is 0 Å². The molecule has 5 aromatic rings. The Morgan fingerprint density at radius 2 is 1.69 bits per heavy atom. The van der Waals surface area contributed by atoms with E-state index in [-0.39, 0.29) is 40.2 Å². The molecule has 0 radical (unpaired) electrons. The molecule has 5 nitrogen and oxygen atoms in total. The molecule has 0 spiro atoms. The van der Waals surface area contributed by atoms with Crippen LogP contribution in [0.3, 0.4) is 0 Å². The normalized spacial score (nSPS) is 12.4. The molecule has 0 saturated carbocycles. The van der Waals surface area contributed by atoms with E-state index in [2.05, 4.69) is 32.7 Å². The summed E-state index contributed by atoms with van der Waals surface area (Å²) in [6, 6.07) is 25.0. The molecule has 1 heterocycles. The lowest BCUT2D eigenvalue weighted by Gasteiger charge is -2.18. The number of aromatic amines is 1. The van der Waals surface area contributed by atoms with Crippen LogP contribution in [0.4, 0.5) is 4.39 Å². The number of nitrogens with zero attached hydrogens (tertiary/aromatic N) is 1. The van der Waals surface area contributed by atoms with Crippen molar-refractivity contribution in [3.8, 4) is 22.5 Å². The van der Waals surface area contributed by atoms with Crippen molar-refractivity contribution in [1.29, 1.82) is 0 Å². The van der Waals surface area contributed by atoms with Crippen LogP contribution < -0.4 is 0 Å². The van der Waals surface area contributed by atoms with Gasteiger partial charge in [-0.3, -0.25) is 4.79 Å². The maximum Gasteiger partial charge on any atom is 0.336 e. The number of carboxylic acids is 1. The summed E-state index contributed by atoms with van der Waals surface area (Å²) in [4.78, 5) is 33.9. The number of halogens is 1. The van der Waals surface area contributed by atoms with Crippen molar-refractivity contribution in [2.24, 2.45) is 0 Å². The fourth-order valence-electron chi connectivity index (χ4n) is 5.51. The van der Waals surface area contributed by atoms with Gasteiger partial charge in [0.2, 0.25) is 0 Å². The molecule has 5 rings (SSSR count). The Kier molecular flexibility index (Phi) is 8.08. The van der Waals surface area contributed by atoms with Gasteiger partial charge < -0.3 is 10.1 Å². The average molecular weight is 563 g/mol. The molecule has 0 fully saturated rings. The summed E-state index contributed by atoms with van der Waals surface area (Å²) in [6.45, 7) is 8.46. The van der Waals surface area contributed by atoms with Gasteiger partial charge in [-0.25, -0.2) is 14.2 Å². The first-order chi connectivity index (χ1) is 20.1. The fraction of sp³-hybridized carbons (Fsp3) is 0.250. The molecule has 2 N–H and O–H groups in total. The molecule has 0 bridgehead atoms. The van der Waals surface area contributed by atoms with Crippen LogP contribution in [0.25, 0.3) is 33.5 Å². The van der Waals surface area contributed by atoms with E-state index in [0.717, 1.165) is 35.0 Å². The van der Waals surface area contributed by atoms with Gasteiger partial charge in [0.05, 0.1) is 16.6 Å². The van der Waals surface area contributed by atoms with Gasteiger partial charge in [0.25, 0.3) is 0 Å². The number of H-pyrrole nitrogens is 1. The molecular weight excluding hydrogens is 527 g/mol. The number of hydrogen-bond acceptors (Lipinski definition) is 3. The van der Waals surface area contributed by atoms with E-state index >= 15 is 4.39 Å². The molecule has 1 aromatic heterocycles. The van der Waals surface area contributed by atoms with Crippen molar-refractivity contribution >= 4 is 22.8 Å². The van der Waals surface area contributed by atoms with Gasteiger partial charge in [0.15, 0.2) is 5.78 Å². The Balaban J connectivity index is 1.55. The van der Waals surface area contributed by atoms with E-state index in [1.165, 1.54) is 18.2 Å². The van der Waals surface area contributed by atoms with Crippen LogP contribution in [-0.2, 0) is 5.41 Å². The number of ketones is 1. The summed E-state index contributed by atoms with van der Waals surface area (Å²) in [5, 5.41) is 10.2. The van der Waals surface area contributed by atoms with Crippen LogP contribution >= 0.6 is 0 Å². The van der Waals surface area contributed by atoms with E-state index in [1.807, 2.05) is 48.5 Å². The second-order valence-electron chi connectivity index (χ2n) is 11.8. The number of imidazole rings is 1. The van der Waals surface area contributed by atoms with Crippen molar-refractivity contribution in [1.82, 2.24) is 9.97 Å². The number of benzene rings is 4.